The van der Waals surface area contributed by atoms with Crippen molar-refractivity contribution in [1.29, 1.82) is 0 Å². The average Bonchev–Trinajstić information content (AvgIpc) is 2.68. The number of nitrogens with zero attached hydrogens (tertiary/aromatic N) is 1. The van der Waals surface area contributed by atoms with Gasteiger partial charge in [0, 0.05) is 6.21 Å². The highest BCUT2D eigenvalue weighted by Crippen LogP contribution is 2.15. The van der Waals surface area contributed by atoms with E-state index < -0.39 is 0 Å². The summed E-state index contributed by atoms with van der Waals surface area (Å²) in [5.74, 6) is 0. The molecule has 1 saturated carbocycles. The molecule has 0 aromatic carbocycles. The first-order valence-corrected chi connectivity index (χ1v) is 5.49. The van der Waals surface area contributed by atoms with Gasteiger partial charge in [0.05, 0.1) is 12.5 Å². The van der Waals surface area contributed by atoms with Gasteiger partial charge in [0.2, 0.25) is 0 Å². The number of hydrogen-bond acceptors (Lipinski definition) is 2. The second-order valence-corrected chi connectivity index (χ2v) is 3.52. The van der Waals surface area contributed by atoms with Crippen LogP contribution in [0.1, 0.15) is 44.9 Å². The minimum absolute atomic E-state index is 0. The molecule has 0 atom stereocenters. The van der Waals surface area contributed by atoms with Crippen molar-refractivity contribution in [3.05, 3.63) is 24.8 Å². The zero-order valence-corrected chi connectivity index (χ0v) is 9.92. The topological polar surface area (TPSA) is 21.6 Å². The van der Waals surface area contributed by atoms with Gasteiger partial charge in [0.25, 0.3) is 0 Å². The van der Waals surface area contributed by atoms with E-state index in [9.17, 15) is 0 Å². The summed E-state index contributed by atoms with van der Waals surface area (Å²) in [7, 11) is 0. The van der Waals surface area contributed by atoms with Gasteiger partial charge in [-0.05, 0) is 6.08 Å². The summed E-state index contributed by atoms with van der Waals surface area (Å²) >= 11 is 0. The number of hydrogen-bond donors (Lipinski definition) is 0. The fourth-order valence-electron chi connectivity index (χ4n) is 1.53. The molecular weight excluding hydrogens is 210 g/mol. The van der Waals surface area contributed by atoms with Crippen molar-refractivity contribution in [2.75, 3.05) is 0 Å². The Balaban J connectivity index is 0.000000245. The fourth-order valence-corrected chi connectivity index (χ4v) is 1.53. The number of rotatable bonds is 0. The third kappa shape index (κ3) is 9.54. The van der Waals surface area contributed by atoms with Gasteiger partial charge < -0.3 is 4.74 Å². The smallest absolute Gasteiger partial charge is 0.108 e. The van der Waals surface area contributed by atoms with Gasteiger partial charge in [-0.25, -0.2) is 0 Å². The molecule has 86 valence electrons. The number of ether oxygens (including phenoxy) is 1. The van der Waals surface area contributed by atoms with Gasteiger partial charge in [0.1, 0.15) is 6.26 Å². The van der Waals surface area contributed by atoms with E-state index in [1.807, 2.05) is 0 Å². The number of aliphatic imine (C=N–C) groups is 1. The largest absolute Gasteiger partial charge is 0.471 e. The van der Waals surface area contributed by atoms with Crippen LogP contribution in [0.2, 0.25) is 0 Å². The Hall–Kier alpha value is -0.760. The molecule has 2 nitrogen and oxygen atoms in total. The van der Waals surface area contributed by atoms with Crippen molar-refractivity contribution in [2.45, 2.75) is 44.9 Å². The molecule has 2 rings (SSSR count). The summed E-state index contributed by atoms with van der Waals surface area (Å²) in [6, 6.07) is 0. The van der Waals surface area contributed by atoms with Gasteiger partial charge in [-0.2, -0.15) is 0 Å². The van der Waals surface area contributed by atoms with Gasteiger partial charge in [-0.15, -0.1) is 12.4 Å². The molecule has 0 aromatic rings. The maximum atomic E-state index is 4.71. The molecule has 0 radical (unpaired) electrons. The van der Waals surface area contributed by atoms with Crippen LogP contribution in [0, 0.1) is 0 Å². The van der Waals surface area contributed by atoms with E-state index in [0.717, 1.165) is 0 Å². The molecule has 0 spiro atoms. The number of halogens is 1. The highest BCUT2D eigenvalue weighted by Gasteiger charge is 1.95. The standard InChI is InChI=1S/C7H14.C5H5NO.ClH/c1-2-4-6-7-5-3-1;1-2-6-3-5-7-4-1;/h1-7H2;1-5H;1H. The lowest BCUT2D eigenvalue weighted by Crippen LogP contribution is -1.66. The van der Waals surface area contributed by atoms with E-state index in [2.05, 4.69) is 4.99 Å². The van der Waals surface area contributed by atoms with Crippen LogP contribution < -0.4 is 0 Å². The van der Waals surface area contributed by atoms with Crippen LogP contribution in [0.15, 0.2) is 29.8 Å². The normalized spacial score (nSPS) is 18.7. The molecule has 1 aliphatic heterocycles. The molecular formula is C12H20ClNO. The molecule has 0 amide bonds. The molecule has 0 bridgehead atoms. The maximum Gasteiger partial charge on any atom is 0.108 e. The van der Waals surface area contributed by atoms with E-state index in [1.165, 1.54) is 51.2 Å². The Kier molecular flexibility index (Phi) is 10.7. The molecule has 1 heterocycles. The third-order valence-electron chi connectivity index (χ3n) is 2.30. The van der Waals surface area contributed by atoms with E-state index in [4.69, 9.17) is 4.74 Å². The lowest BCUT2D eigenvalue weighted by Gasteiger charge is -1.85. The van der Waals surface area contributed by atoms with Gasteiger partial charge in [0.15, 0.2) is 0 Å². The van der Waals surface area contributed by atoms with Crippen LogP contribution in [0.4, 0.5) is 0 Å². The molecule has 15 heavy (non-hydrogen) atoms. The van der Waals surface area contributed by atoms with Crippen molar-refractivity contribution in [2.24, 2.45) is 4.99 Å². The summed E-state index contributed by atoms with van der Waals surface area (Å²) < 4.78 is 4.71. The molecule has 0 N–H and O–H groups in total. The van der Waals surface area contributed by atoms with Crippen molar-refractivity contribution in [1.82, 2.24) is 0 Å². The van der Waals surface area contributed by atoms with E-state index in [1.54, 1.807) is 24.8 Å². The van der Waals surface area contributed by atoms with Crippen LogP contribution in [-0.2, 0) is 4.74 Å². The minimum atomic E-state index is 0. The van der Waals surface area contributed by atoms with Crippen LogP contribution in [-0.4, -0.2) is 6.21 Å². The predicted molar refractivity (Wildman–Crippen MR) is 67.4 cm³/mol. The quantitative estimate of drug-likeness (QED) is 0.570. The minimum Gasteiger partial charge on any atom is -0.471 e. The van der Waals surface area contributed by atoms with E-state index in [0.29, 0.717) is 0 Å². The Morgan fingerprint density at radius 3 is 1.87 bits per heavy atom. The summed E-state index contributed by atoms with van der Waals surface area (Å²) in [6.45, 7) is 0. The van der Waals surface area contributed by atoms with Gasteiger partial charge in [-0.1, -0.05) is 44.9 Å². The van der Waals surface area contributed by atoms with Crippen molar-refractivity contribution >= 4 is 18.6 Å². The first-order chi connectivity index (χ1) is 7.00. The molecule has 0 saturated heterocycles. The van der Waals surface area contributed by atoms with E-state index >= 15 is 0 Å². The van der Waals surface area contributed by atoms with Crippen LogP contribution in [0.25, 0.3) is 0 Å². The van der Waals surface area contributed by atoms with E-state index in [-0.39, 0.29) is 12.4 Å². The zero-order valence-electron chi connectivity index (χ0n) is 9.10. The zero-order chi connectivity index (χ0) is 9.90. The maximum absolute atomic E-state index is 4.71. The molecule has 1 fully saturated rings. The SMILES string of the molecule is C1=COC=CN=C1.C1CCCCCC1.Cl. The Bertz CT molecular complexity index is 178. The highest BCUT2D eigenvalue weighted by molar-refractivity contribution is 5.85. The molecule has 0 unspecified atom stereocenters. The van der Waals surface area contributed by atoms with Crippen molar-refractivity contribution in [3.63, 3.8) is 0 Å². The third-order valence-corrected chi connectivity index (χ3v) is 2.30. The van der Waals surface area contributed by atoms with Gasteiger partial charge >= 0.3 is 0 Å². The van der Waals surface area contributed by atoms with Crippen LogP contribution >= 0.6 is 12.4 Å². The second kappa shape index (κ2) is 11.3. The molecule has 0 aromatic heterocycles. The summed E-state index contributed by atoms with van der Waals surface area (Å²) in [6.07, 6.45) is 18.5. The Morgan fingerprint density at radius 2 is 1.33 bits per heavy atom. The predicted octanol–water partition coefficient (Wildman–Crippen LogP) is 4.22. The summed E-state index contributed by atoms with van der Waals surface area (Å²) in [5.41, 5.74) is 0. The van der Waals surface area contributed by atoms with Crippen LogP contribution in [0.3, 0.4) is 0 Å². The average molecular weight is 230 g/mol. The highest BCUT2D eigenvalue weighted by atomic mass is 35.5. The molecule has 2 aliphatic rings. The van der Waals surface area contributed by atoms with Crippen LogP contribution in [0.5, 0.6) is 0 Å². The summed E-state index contributed by atoms with van der Waals surface area (Å²) in [5, 5.41) is 0. The second-order valence-electron chi connectivity index (χ2n) is 3.52. The Labute approximate surface area is 98.5 Å². The molecule has 3 heteroatoms. The first kappa shape index (κ1) is 14.2. The van der Waals surface area contributed by atoms with Gasteiger partial charge in [-0.3, -0.25) is 4.99 Å². The lowest BCUT2D eigenvalue weighted by atomic mass is 10.2. The summed E-state index contributed by atoms with van der Waals surface area (Å²) in [4.78, 5) is 3.75. The fraction of sp³-hybridized carbons (Fsp3) is 0.583. The van der Waals surface area contributed by atoms with Crippen molar-refractivity contribution in [3.8, 4) is 0 Å². The lowest BCUT2D eigenvalue weighted by molar-refractivity contribution is 0.403. The number of allylic oxidation sites excluding steroid dienone is 1. The molecule has 1 aliphatic carbocycles. The monoisotopic (exact) mass is 229 g/mol. The first-order valence-electron chi connectivity index (χ1n) is 5.49. The van der Waals surface area contributed by atoms with Crippen molar-refractivity contribution < 1.29 is 4.74 Å². The Morgan fingerprint density at radius 1 is 0.800 bits per heavy atom.